The zero-order valence-electron chi connectivity index (χ0n) is 12.8. The molecule has 0 aliphatic rings. The summed E-state index contributed by atoms with van der Waals surface area (Å²) in [5, 5.41) is 2.89. The zero-order valence-corrected chi connectivity index (χ0v) is 13.6. The molecule has 0 atom stereocenters. The van der Waals surface area contributed by atoms with Gasteiger partial charge < -0.3 is 10.2 Å². The summed E-state index contributed by atoms with van der Waals surface area (Å²) in [6, 6.07) is 3.82. The predicted molar refractivity (Wildman–Crippen MR) is 82.1 cm³/mol. The minimum absolute atomic E-state index is 0.00334. The first-order valence-electron chi connectivity index (χ1n) is 7.09. The lowest BCUT2D eigenvalue weighted by Gasteiger charge is -2.18. The van der Waals surface area contributed by atoms with Crippen LogP contribution in [0.1, 0.15) is 19.4 Å². The minimum atomic E-state index is -3.70. The summed E-state index contributed by atoms with van der Waals surface area (Å²) in [7, 11) is -1.99. The van der Waals surface area contributed by atoms with Gasteiger partial charge in [-0.3, -0.25) is 0 Å². The lowest BCUT2D eigenvalue weighted by molar-refractivity contribution is 0.309. The molecule has 2 N–H and O–H groups in total. The number of likely N-dealkylation sites (N-methyl/N-ethyl adjacent to an activating group) is 1. The molecule has 21 heavy (non-hydrogen) atoms. The molecule has 1 rings (SSSR count). The van der Waals surface area contributed by atoms with Crippen molar-refractivity contribution < 1.29 is 12.8 Å². The standard InChI is InChI=1S/C14H24FN3O2S/c1-4-18(5-2)9-8-17-21(19,20)14-10-13(15)7-6-12(14)11-16-3/h6-7,10,16-17H,4-5,8-9,11H2,1-3H3. The van der Waals surface area contributed by atoms with Crippen molar-refractivity contribution >= 4 is 10.0 Å². The number of nitrogens with zero attached hydrogens (tertiary/aromatic N) is 1. The molecule has 0 aromatic heterocycles. The van der Waals surface area contributed by atoms with Gasteiger partial charge in [-0.1, -0.05) is 19.9 Å². The van der Waals surface area contributed by atoms with E-state index in [0.717, 1.165) is 19.2 Å². The summed E-state index contributed by atoms with van der Waals surface area (Å²) < 4.78 is 40.5. The Kier molecular flexibility index (Phi) is 7.24. The van der Waals surface area contributed by atoms with Gasteiger partial charge in [0.15, 0.2) is 0 Å². The number of halogens is 1. The van der Waals surface area contributed by atoms with Gasteiger partial charge in [0.05, 0.1) is 4.90 Å². The molecule has 7 heteroatoms. The number of benzene rings is 1. The van der Waals surface area contributed by atoms with Crippen LogP contribution in [0.4, 0.5) is 4.39 Å². The lowest BCUT2D eigenvalue weighted by atomic mass is 10.2. The van der Waals surface area contributed by atoms with Crippen molar-refractivity contribution in [2.75, 3.05) is 33.2 Å². The van der Waals surface area contributed by atoms with Gasteiger partial charge in [0, 0.05) is 19.6 Å². The van der Waals surface area contributed by atoms with Crippen molar-refractivity contribution in [3.05, 3.63) is 29.6 Å². The quantitative estimate of drug-likeness (QED) is 0.718. The highest BCUT2D eigenvalue weighted by Crippen LogP contribution is 2.17. The van der Waals surface area contributed by atoms with E-state index in [9.17, 15) is 12.8 Å². The Labute approximate surface area is 126 Å². The molecule has 0 saturated carbocycles. The molecule has 0 bridgehead atoms. The first-order chi connectivity index (χ1) is 9.94. The molecule has 1 aromatic carbocycles. The van der Waals surface area contributed by atoms with E-state index < -0.39 is 15.8 Å². The van der Waals surface area contributed by atoms with Gasteiger partial charge in [-0.15, -0.1) is 0 Å². The summed E-state index contributed by atoms with van der Waals surface area (Å²) in [6.07, 6.45) is 0. The Morgan fingerprint density at radius 2 is 1.90 bits per heavy atom. The maximum Gasteiger partial charge on any atom is 0.241 e. The zero-order chi connectivity index (χ0) is 15.9. The van der Waals surface area contributed by atoms with Crippen LogP contribution in [0.2, 0.25) is 0 Å². The van der Waals surface area contributed by atoms with Gasteiger partial charge in [0.2, 0.25) is 10.0 Å². The van der Waals surface area contributed by atoms with Crippen molar-refractivity contribution in [3.63, 3.8) is 0 Å². The third-order valence-electron chi connectivity index (χ3n) is 3.30. The van der Waals surface area contributed by atoms with Gasteiger partial charge >= 0.3 is 0 Å². The number of hydrogen-bond acceptors (Lipinski definition) is 4. The van der Waals surface area contributed by atoms with Gasteiger partial charge in [-0.05, 0) is 37.8 Å². The summed E-state index contributed by atoms with van der Waals surface area (Å²) in [4.78, 5) is 2.11. The smallest absolute Gasteiger partial charge is 0.241 e. The minimum Gasteiger partial charge on any atom is -0.316 e. The van der Waals surface area contributed by atoms with Crippen molar-refractivity contribution in [2.45, 2.75) is 25.3 Å². The molecule has 0 saturated heterocycles. The molecule has 0 heterocycles. The van der Waals surface area contributed by atoms with Gasteiger partial charge in [0.1, 0.15) is 5.82 Å². The third kappa shape index (κ3) is 5.35. The summed E-state index contributed by atoms with van der Waals surface area (Å²) in [5.74, 6) is -0.557. The number of sulfonamides is 1. The van der Waals surface area contributed by atoms with E-state index in [1.807, 2.05) is 13.8 Å². The van der Waals surface area contributed by atoms with Crippen LogP contribution in [-0.2, 0) is 16.6 Å². The SMILES string of the molecule is CCN(CC)CCNS(=O)(=O)c1cc(F)ccc1CNC. The fourth-order valence-electron chi connectivity index (χ4n) is 2.07. The molecular formula is C14H24FN3O2S. The van der Waals surface area contributed by atoms with Crippen LogP contribution in [-0.4, -0.2) is 46.5 Å². The summed E-state index contributed by atoms with van der Waals surface area (Å²) in [5.41, 5.74) is 0.550. The lowest BCUT2D eigenvalue weighted by Crippen LogP contribution is -2.35. The Hall–Kier alpha value is -1.02. The van der Waals surface area contributed by atoms with Gasteiger partial charge in [-0.2, -0.15) is 0 Å². The average Bonchev–Trinajstić information content (AvgIpc) is 2.45. The topological polar surface area (TPSA) is 61.4 Å². The summed E-state index contributed by atoms with van der Waals surface area (Å²) >= 11 is 0. The van der Waals surface area contributed by atoms with E-state index in [2.05, 4.69) is 14.9 Å². The van der Waals surface area contributed by atoms with Crippen LogP contribution in [0.25, 0.3) is 0 Å². The Morgan fingerprint density at radius 3 is 2.48 bits per heavy atom. The van der Waals surface area contributed by atoms with Crippen LogP contribution in [0.15, 0.2) is 23.1 Å². The molecule has 120 valence electrons. The van der Waals surface area contributed by atoms with E-state index in [-0.39, 0.29) is 4.90 Å². The first-order valence-corrected chi connectivity index (χ1v) is 8.58. The second-order valence-electron chi connectivity index (χ2n) is 4.71. The highest BCUT2D eigenvalue weighted by atomic mass is 32.2. The maximum absolute atomic E-state index is 13.4. The normalized spacial score (nSPS) is 12.0. The Balaban J connectivity index is 2.84. The highest BCUT2D eigenvalue weighted by Gasteiger charge is 2.19. The fraction of sp³-hybridized carbons (Fsp3) is 0.571. The Bertz CT molecular complexity index is 545. The van der Waals surface area contributed by atoms with Gasteiger partial charge in [-0.25, -0.2) is 17.5 Å². The third-order valence-corrected chi connectivity index (χ3v) is 4.84. The molecule has 0 amide bonds. The molecule has 0 spiro atoms. The highest BCUT2D eigenvalue weighted by molar-refractivity contribution is 7.89. The molecule has 1 aromatic rings. The molecular weight excluding hydrogens is 293 g/mol. The van der Waals surface area contributed by atoms with E-state index >= 15 is 0 Å². The largest absolute Gasteiger partial charge is 0.316 e. The average molecular weight is 317 g/mol. The van der Waals surface area contributed by atoms with Crippen molar-refractivity contribution in [1.29, 1.82) is 0 Å². The first kappa shape index (κ1) is 18.0. The van der Waals surface area contributed by atoms with Crippen LogP contribution in [0.5, 0.6) is 0 Å². The van der Waals surface area contributed by atoms with E-state index in [4.69, 9.17) is 0 Å². The van der Waals surface area contributed by atoms with Crippen LogP contribution < -0.4 is 10.0 Å². The van der Waals surface area contributed by atoms with Crippen molar-refractivity contribution in [1.82, 2.24) is 14.9 Å². The fourth-order valence-corrected chi connectivity index (χ4v) is 3.34. The van der Waals surface area contributed by atoms with Crippen molar-refractivity contribution in [2.24, 2.45) is 0 Å². The molecule has 0 aliphatic heterocycles. The molecule has 0 aliphatic carbocycles. The molecule has 0 unspecified atom stereocenters. The number of hydrogen-bond donors (Lipinski definition) is 2. The van der Waals surface area contributed by atoms with Gasteiger partial charge in [0.25, 0.3) is 0 Å². The molecule has 0 radical (unpaired) electrons. The maximum atomic E-state index is 13.4. The van der Waals surface area contributed by atoms with E-state index in [0.29, 0.717) is 25.2 Å². The van der Waals surface area contributed by atoms with E-state index in [1.165, 1.54) is 12.1 Å². The molecule has 5 nitrogen and oxygen atoms in total. The van der Waals surface area contributed by atoms with E-state index in [1.54, 1.807) is 7.05 Å². The number of rotatable bonds is 9. The molecule has 0 fully saturated rings. The predicted octanol–water partition coefficient (Wildman–Crippen LogP) is 1.17. The Morgan fingerprint density at radius 1 is 1.24 bits per heavy atom. The monoisotopic (exact) mass is 317 g/mol. The van der Waals surface area contributed by atoms with Crippen molar-refractivity contribution in [3.8, 4) is 0 Å². The second kappa shape index (κ2) is 8.43. The second-order valence-corrected chi connectivity index (χ2v) is 6.44. The van der Waals surface area contributed by atoms with Crippen LogP contribution in [0.3, 0.4) is 0 Å². The number of nitrogens with one attached hydrogen (secondary N) is 2. The van der Waals surface area contributed by atoms with Crippen LogP contribution >= 0.6 is 0 Å². The summed E-state index contributed by atoms with van der Waals surface area (Å²) in [6.45, 7) is 7.08. The van der Waals surface area contributed by atoms with Crippen LogP contribution in [0, 0.1) is 5.82 Å².